The van der Waals surface area contributed by atoms with Gasteiger partial charge in [0.15, 0.2) is 5.43 Å². The molecule has 0 aliphatic carbocycles. The van der Waals surface area contributed by atoms with Crippen molar-refractivity contribution in [3.63, 3.8) is 0 Å². The summed E-state index contributed by atoms with van der Waals surface area (Å²) >= 11 is 0. The molecule has 110 valence electrons. The lowest BCUT2D eigenvalue weighted by atomic mass is 10.1. The molecule has 21 heavy (non-hydrogen) atoms. The summed E-state index contributed by atoms with van der Waals surface area (Å²) in [5, 5.41) is 0.631. The van der Waals surface area contributed by atoms with E-state index in [0.717, 1.165) is 5.52 Å². The lowest BCUT2D eigenvalue weighted by Gasteiger charge is -2.17. The molecule has 4 nitrogen and oxygen atoms in total. The number of pyridine rings is 1. The number of fused-ring (bicyclic) bond motifs is 1. The van der Waals surface area contributed by atoms with Crippen LogP contribution in [0, 0.1) is 0 Å². The molecule has 0 radical (unpaired) electrons. The number of nitrogens with zero attached hydrogens (tertiary/aromatic N) is 1. The van der Waals surface area contributed by atoms with Gasteiger partial charge in [-0.3, -0.25) is 4.79 Å². The Morgan fingerprint density at radius 2 is 1.90 bits per heavy atom. The number of aryl methyl sites for hydroxylation is 1. The van der Waals surface area contributed by atoms with Crippen molar-refractivity contribution in [2.75, 3.05) is 0 Å². The van der Waals surface area contributed by atoms with Gasteiger partial charge in [-0.15, -0.1) is 0 Å². The van der Waals surface area contributed by atoms with E-state index in [2.05, 4.69) is 0 Å². The summed E-state index contributed by atoms with van der Waals surface area (Å²) in [6.45, 7) is 5.40. The Morgan fingerprint density at radius 3 is 2.57 bits per heavy atom. The summed E-state index contributed by atoms with van der Waals surface area (Å²) < 4.78 is 7.05. The van der Waals surface area contributed by atoms with E-state index in [-0.39, 0.29) is 5.43 Å². The average Bonchev–Trinajstić information content (AvgIpc) is 2.39. The van der Waals surface area contributed by atoms with Crippen molar-refractivity contribution in [2.24, 2.45) is 7.05 Å². The van der Waals surface area contributed by atoms with Crippen LogP contribution in [0.3, 0.4) is 0 Å². The molecule has 0 saturated heterocycles. The number of ether oxygens (including phenoxy) is 1. The monoisotopic (exact) mass is 285 g/mol. The predicted octanol–water partition coefficient (Wildman–Crippen LogP) is 2.89. The molecule has 2 aromatic rings. The van der Waals surface area contributed by atoms with E-state index in [1.165, 1.54) is 12.2 Å². The van der Waals surface area contributed by atoms with E-state index >= 15 is 0 Å². The van der Waals surface area contributed by atoms with Crippen molar-refractivity contribution in [3.8, 4) is 0 Å². The van der Waals surface area contributed by atoms with Crippen LogP contribution >= 0.6 is 0 Å². The van der Waals surface area contributed by atoms with Crippen molar-refractivity contribution in [3.05, 3.63) is 52.3 Å². The van der Waals surface area contributed by atoms with E-state index < -0.39 is 11.6 Å². The summed E-state index contributed by atoms with van der Waals surface area (Å²) in [7, 11) is 1.87. The minimum Gasteiger partial charge on any atom is -0.457 e. The van der Waals surface area contributed by atoms with Gasteiger partial charge in [0.05, 0.1) is 5.52 Å². The van der Waals surface area contributed by atoms with Crippen molar-refractivity contribution >= 4 is 22.9 Å². The van der Waals surface area contributed by atoms with Gasteiger partial charge >= 0.3 is 5.97 Å². The molecule has 1 aromatic carbocycles. The highest BCUT2D eigenvalue weighted by Gasteiger charge is 2.14. The first-order valence-electron chi connectivity index (χ1n) is 6.77. The summed E-state index contributed by atoms with van der Waals surface area (Å²) in [4.78, 5) is 24.0. The van der Waals surface area contributed by atoms with Crippen molar-refractivity contribution < 1.29 is 9.53 Å². The zero-order valence-electron chi connectivity index (χ0n) is 12.7. The third-order valence-corrected chi connectivity index (χ3v) is 2.93. The second-order valence-corrected chi connectivity index (χ2v) is 5.91. The highest BCUT2D eigenvalue weighted by atomic mass is 16.6. The minimum absolute atomic E-state index is 0.0940. The van der Waals surface area contributed by atoms with Gasteiger partial charge in [0, 0.05) is 30.3 Å². The molecule has 0 amide bonds. The van der Waals surface area contributed by atoms with E-state index in [1.54, 1.807) is 33.0 Å². The molecule has 2 rings (SSSR count). The number of aromatic nitrogens is 1. The lowest BCUT2D eigenvalue weighted by Crippen LogP contribution is -2.22. The fraction of sp³-hybridized carbons (Fsp3) is 0.294. The smallest absolute Gasteiger partial charge is 0.331 e. The first-order valence-corrected chi connectivity index (χ1v) is 6.77. The van der Waals surface area contributed by atoms with E-state index in [0.29, 0.717) is 10.9 Å². The van der Waals surface area contributed by atoms with Gasteiger partial charge in [-0.05, 0) is 39.0 Å². The molecule has 0 bridgehead atoms. The molecule has 1 heterocycles. The highest BCUT2D eigenvalue weighted by molar-refractivity contribution is 5.88. The number of carbonyl (C=O) groups is 1. The van der Waals surface area contributed by atoms with Gasteiger partial charge in [0.1, 0.15) is 5.60 Å². The SMILES string of the molecule is Cn1cc(/C=C/C(=O)OC(C)(C)C)c(=O)c2ccccc21. The van der Waals surface area contributed by atoms with Gasteiger partial charge in [-0.25, -0.2) is 4.79 Å². The molecule has 0 N–H and O–H groups in total. The molecule has 0 unspecified atom stereocenters. The number of hydrogen-bond donors (Lipinski definition) is 0. The van der Waals surface area contributed by atoms with Crippen LogP contribution in [0.4, 0.5) is 0 Å². The Bertz CT molecular complexity index is 764. The molecule has 4 heteroatoms. The Kier molecular flexibility index (Phi) is 3.98. The number of carbonyl (C=O) groups excluding carboxylic acids is 1. The summed E-state index contributed by atoms with van der Waals surface area (Å²) in [5.74, 6) is -0.460. The third kappa shape index (κ3) is 3.60. The maximum atomic E-state index is 12.4. The summed E-state index contributed by atoms with van der Waals surface area (Å²) in [6, 6.07) is 7.38. The van der Waals surface area contributed by atoms with Crippen LogP contribution in [0.15, 0.2) is 41.3 Å². The van der Waals surface area contributed by atoms with Crippen molar-refractivity contribution in [1.29, 1.82) is 0 Å². The Hall–Kier alpha value is -2.36. The van der Waals surface area contributed by atoms with Crippen LogP contribution in [-0.4, -0.2) is 16.1 Å². The molecular weight excluding hydrogens is 266 g/mol. The van der Waals surface area contributed by atoms with Crippen LogP contribution in [0.1, 0.15) is 26.3 Å². The number of rotatable bonds is 2. The van der Waals surface area contributed by atoms with E-state index in [9.17, 15) is 9.59 Å². The molecule has 0 fully saturated rings. The fourth-order valence-electron chi connectivity index (χ4n) is 2.08. The second kappa shape index (κ2) is 5.56. The molecule has 0 atom stereocenters. The summed E-state index contributed by atoms with van der Waals surface area (Å²) in [5.41, 5.74) is 0.679. The Labute approximate surface area is 123 Å². The number of benzene rings is 1. The lowest BCUT2D eigenvalue weighted by molar-refractivity contribution is -0.148. The summed E-state index contributed by atoms with van der Waals surface area (Å²) in [6.07, 6.45) is 4.51. The van der Waals surface area contributed by atoms with Crippen LogP contribution < -0.4 is 5.43 Å². The average molecular weight is 285 g/mol. The third-order valence-electron chi connectivity index (χ3n) is 2.93. The molecule has 0 aliphatic rings. The van der Waals surface area contributed by atoms with Gasteiger partial charge < -0.3 is 9.30 Å². The predicted molar refractivity (Wildman–Crippen MR) is 84.1 cm³/mol. The standard InChI is InChI=1S/C17H19NO3/c1-17(2,3)21-15(19)10-9-12-11-18(4)14-8-6-5-7-13(14)16(12)20/h5-11H,1-4H3/b10-9+. The fourth-order valence-corrected chi connectivity index (χ4v) is 2.08. The maximum absolute atomic E-state index is 12.4. The first kappa shape index (κ1) is 15.0. The van der Waals surface area contributed by atoms with Gasteiger partial charge in [-0.2, -0.15) is 0 Å². The first-order chi connectivity index (χ1) is 9.78. The van der Waals surface area contributed by atoms with Crippen LogP contribution in [-0.2, 0) is 16.6 Å². The zero-order chi connectivity index (χ0) is 15.6. The van der Waals surface area contributed by atoms with E-state index in [1.807, 2.05) is 29.8 Å². The van der Waals surface area contributed by atoms with Crippen LogP contribution in [0.2, 0.25) is 0 Å². The van der Waals surface area contributed by atoms with Gasteiger partial charge in [-0.1, -0.05) is 12.1 Å². The zero-order valence-corrected chi connectivity index (χ0v) is 12.7. The van der Waals surface area contributed by atoms with Crippen molar-refractivity contribution in [1.82, 2.24) is 4.57 Å². The highest BCUT2D eigenvalue weighted by Crippen LogP contribution is 2.12. The number of esters is 1. The largest absolute Gasteiger partial charge is 0.457 e. The topological polar surface area (TPSA) is 48.3 Å². The quantitative estimate of drug-likeness (QED) is 0.629. The molecule has 0 saturated carbocycles. The van der Waals surface area contributed by atoms with Crippen LogP contribution in [0.5, 0.6) is 0 Å². The molecular formula is C17H19NO3. The van der Waals surface area contributed by atoms with Crippen molar-refractivity contribution in [2.45, 2.75) is 26.4 Å². The number of para-hydroxylation sites is 1. The van der Waals surface area contributed by atoms with E-state index in [4.69, 9.17) is 4.74 Å². The molecule has 0 aliphatic heterocycles. The Morgan fingerprint density at radius 1 is 1.24 bits per heavy atom. The van der Waals surface area contributed by atoms with Crippen LogP contribution in [0.25, 0.3) is 17.0 Å². The molecule has 0 spiro atoms. The second-order valence-electron chi connectivity index (χ2n) is 5.91. The normalized spacial score (nSPS) is 12.0. The number of hydrogen-bond acceptors (Lipinski definition) is 3. The van der Waals surface area contributed by atoms with Gasteiger partial charge in [0.25, 0.3) is 0 Å². The Balaban J connectivity index is 2.38. The minimum atomic E-state index is -0.546. The van der Waals surface area contributed by atoms with Gasteiger partial charge in [0.2, 0.25) is 0 Å². The maximum Gasteiger partial charge on any atom is 0.331 e. The molecule has 1 aromatic heterocycles.